The summed E-state index contributed by atoms with van der Waals surface area (Å²) in [5.74, 6) is -1.87. The Hall–Kier alpha value is -1.58. The molecule has 0 saturated heterocycles. The minimum Gasteiger partial charge on any atom is -0.478 e. The Morgan fingerprint density at radius 3 is 0.846 bits per heavy atom. The fourth-order valence-electron chi connectivity index (χ4n) is 1.91. The Bertz CT molecular complexity index is 312. The Morgan fingerprint density at radius 2 is 0.731 bits per heavy atom. The van der Waals surface area contributed by atoms with E-state index in [-0.39, 0.29) is 11.1 Å². The second-order valence-corrected chi connectivity index (χ2v) is 6.71. The quantitative estimate of drug-likeness (QED) is 0.270. The van der Waals surface area contributed by atoms with Gasteiger partial charge in [-0.1, -0.05) is 104 Å². The molecule has 4 heteroatoms. The Kier molecular flexibility index (Phi) is 26.3. The van der Waals surface area contributed by atoms with Crippen molar-refractivity contribution < 1.29 is 19.8 Å². The van der Waals surface area contributed by atoms with Crippen LogP contribution in [0, 0.1) is 0 Å². The highest BCUT2D eigenvalue weighted by atomic mass is 16.4. The van der Waals surface area contributed by atoms with Crippen LogP contribution in [-0.2, 0) is 9.59 Å². The molecule has 0 radical (unpaired) electrons. The molecule has 0 rings (SSSR count). The SMILES string of the molecule is C=C(C)C(=O)O.C=C(C)C(=O)O.CCCCCCCCCCCCCC. The van der Waals surface area contributed by atoms with Crippen LogP contribution in [0.15, 0.2) is 24.3 Å². The highest BCUT2D eigenvalue weighted by molar-refractivity contribution is 5.85. The Labute approximate surface area is 161 Å². The summed E-state index contributed by atoms with van der Waals surface area (Å²) in [6.07, 6.45) is 17.4. The predicted octanol–water partition coefficient (Wildman–Crippen LogP) is 7.00. The minimum atomic E-state index is -0.935. The number of carbonyl (C=O) groups is 2. The van der Waals surface area contributed by atoms with Gasteiger partial charge in [-0.25, -0.2) is 9.59 Å². The van der Waals surface area contributed by atoms with E-state index in [4.69, 9.17) is 10.2 Å². The van der Waals surface area contributed by atoms with Crippen molar-refractivity contribution >= 4 is 11.9 Å². The number of carboxylic acid groups (broad SMARTS) is 2. The first-order valence-electron chi connectivity index (χ1n) is 9.98. The maximum Gasteiger partial charge on any atom is 0.330 e. The van der Waals surface area contributed by atoms with Crippen LogP contribution < -0.4 is 0 Å². The molecule has 0 aromatic rings. The molecular weight excluding hydrogens is 328 g/mol. The first-order chi connectivity index (χ1) is 12.2. The molecule has 0 amide bonds. The van der Waals surface area contributed by atoms with E-state index in [1.54, 1.807) is 0 Å². The zero-order valence-electron chi connectivity index (χ0n) is 17.6. The van der Waals surface area contributed by atoms with Gasteiger partial charge < -0.3 is 10.2 Å². The molecule has 0 bridgehead atoms. The third-order valence-electron chi connectivity index (χ3n) is 3.69. The normalized spacial score (nSPS) is 9.23. The van der Waals surface area contributed by atoms with Gasteiger partial charge in [0.1, 0.15) is 0 Å². The molecule has 0 aromatic carbocycles. The Balaban J connectivity index is -0.000000364. The third kappa shape index (κ3) is 33.9. The lowest BCUT2D eigenvalue weighted by Gasteiger charge is -2.01. The zero-order chi connectivity index (χ0) is 20.8. The van der Waals surface area contributed by atoms with E-state index in [2.05, 4.69) is 27.0 Å². The van der Waals surface area contributed by atoms with Gasteiger partial charge >= 0.3 is 11.9 Å². The number of aliphatic carboxylic acids is 2. The van der Waals surface area contributed by atoms with Gasteiger partial charge in [-0.05, 0) is 13.8 Å². The summed E-state index contributed by atoms with van der Waals surface area (Å²) in [7, 11) is 0. The number of carboxylic acids is 2. The highest BCUT2D eigenvalue weighted by Gasteiger charge is 1.92. The smallest absolute Gasteiger partial charge is 0.330 e. The molecular formula is C22H42O4. The fraction of sp³-hybridized carbons (Fsp3) is 0.727. The predicted molar refractivity (Wildman–Crippen MR) is 112 cm³/mol. The molecule has 26 heavy (non-hydrogen) atoms. The van der Waals surface area contributed by atoms with Gasteiger partial charge in [0.2, 0.25) is 0 Å². The van der Waals surface area contributed by atoms with Gasteiger partial charge in [-0.3, -0.25) is 0 Å². The highest BCUT2D eigenvalue weighted by Crippen LogP contribution is 2.11. The zero-order valence-corrected chi connectivity index (χ0v) is 17.6. The summed E-state index contributed by atoms with van der Waals surface area (Å²) in [6, 6.07) is 0. The minimum absolute atomic E-state index is 0.176. The van der Waals surface area contributed by atoms with Gasteiger partial charge in [0.15, 0.2) is 0 Å². The first kappa shape index (κ1) is 29.2. The molecule has 0 unspecified atom stereocenters. The van der Waals surface area contributed by atoms with E-state index in [0.717, 1.165) is 0 Å². The number of rotatable bonds is 13. The van der Waals surface area contributed by atoms with Gasteiger partial charge in [-0.15, -0.1) is 0 Å². The van der Waals surface area contributed by atoms with E-state index in [1.807, 2.05) is 0 Å². The van der Waals surface area contributed by atoms with Crippen molar-refractivity contribution in [2.45, 2.75) is 105 Å². The van der Waals surface area contributed by atoms with Crippen LogP contribution in [0.1, 0.15) is 105 Å². The van der Waals surface area contributed by atoms with Crippen LogP contribution in [0.3, 0.4) is 0 Å². The molecule has 0 fully saturated rings. The summed E-state index contributed by atoms with van der Waals surface area (Å²) in [5.41, 5.74) is 0.352. The first-order valence-corrected chi connectivity index (χ1v) is 9.98. The molecule has 154 valence electrons. The molecule has 0 aromatic heterocycles. The summed E-state index contributed by atoms with van der Waals surface area (Å²) in [4.78, 5) is 19.2. The van der Waals surface area contributed by atoms with Crippen molar-refractivity contribution in [3.8, 4) is 0 Å². The molecule has 0 aliphatic rings. The van der Waals surface area contributed by atoms with E-state index in [1.165, 1.54) is 90.9 Å². The van der Waals surface area contributed by atoms with Gasteiger partial charge in [0.05, 0.1) is 0 Å². The molecule has 0 heterocycles. The van der Waals surface area contributed by atoms with Crippen molar-refractivity contribution in [3.63, 3.8) is 0 Å². The third-order valence-corrected chi connectivity index (χ3v) is 3.69. The standard InChI is InChI=1S/C14H30.2C4H6O2/c1-3-5-7-9-11-13-14-12-10-8-6-4-2;2*1-3(2)4(5)6/h3-14H2,1-2H3;2*1H2,2H3,(H,5,6). The number of hydrogen-bond donors (Lipinski definition) is 2. The van der Waals surface area contributed by atoms with Crippen molar-refractivity contribution in [3.05, 3.63) is 24.3 Å². The maximum absolute atomic E-state index is 9.60. The largest absolute Gasteiger partial charge is 0.478 e. The summed E-state index contributed by atoms with van der Waals surface area (Å²) >= 11 is 0. The van der Waals surface area contributed by atoms with Gasteiger partial charge in [-0.2, -0.15) is 0 Å². The molecule has 4 nitrogen and oxygen atoms in total. The monoisotopic (exact) mass is 370 g/mol. The summed E-state index contributed by atoms with van der Waals surface area (Å²) in [5, 5.41) is 15.8. The molecule has 0 atom stereocenters. The van der Waals surface area contributed by atoms with Crippen molar-refractivity contribution in [1.29, 1.82) is 0 Å². The number of unbranched alkanes of at least 4 members (excludes halogenated alkanes) is 11. The van der Waals surface area contributed by atoms with Crippen LogP contribution in [0.4, 0.5) is 0 Å². The second kappa shape index (κ2) is 23.4. The van der Waals surface area contributed by atoms with E-state index >= 15 is 0 Å². The van der Waals surface area contributed by atoms with Crippen molar-refractivity contribution in [2.24, 2.45) is 0 Å². The molecule has 0 saturated carbocycles. The molecule has 2 N–H and O–H groups in total. The lowest BCUT2D eigenvalue weighted by atomic mass is 10.1. The average Bonchev–Trinajstić information content (AvgIpc) is 2.57. The van der Waals surface area contributed by atoms with E-state index in [9.17, 15) is 9.59 Å². The maximum atomic E-state index is 9.60. The van der Waals surface area contributed by atoms with Gasteiger partial charge in [0, 0.05) is 11.1 Å². The van der Waals surface area contributed by atoms with Crippen molar-refractivity contribution in [1.82, 2.24) is 0 Å². The summed E-state index contributed by atoms with van der Waals surface area (Å²) < 4.78 is 0. The topological polar surface area (TPSA) is 74.6 Å². The van der Waals surface area contributed by atoms with Crippen LogP contribution >= 0.6 is 0 Å². The lowest BCUT2D eigenvalue weighted by Crippen LogP contribution is -1.92. The fourth-order valence-corrected chi connectivity index (χ4v) is 1.91. The number of hydrogen-bond acceptors (Lipinski definition) is 2. The van der Waals surface area contributed by atoms with Crippen LogP contribution in [0.5, 0.6) is 0 Å². The molecule has 0 aliphatic carbocycles. The Morgan fingerprint density at radius 1 is 0.577 bits per heavy atom. The van der Waals surface area contributed by atoms with E-state index in [0.29, 0.717) is 0 Å². The van der Waals surface area contributed by atoms with Crippen LogP contribution in [0.2, 0.25) is 0 Å². The van der Waals surface area contributed by atoms with Gasteiger partial charge in [0.25, 0.3) is 0 Å². The van der Waals surface area contributed by atoms with Crippen molar-refractivity contribution in [2.75, 3.05) is 0 Å². The van der Waals surface area contributed by atoms with Crippen LogP contribution in [0.25, 0.3) is 0 Å². The average molecular weight is 371 g/mol. The second-order valence-electron chi connectivity index (χ2n) is 6.71. The van der Waals surface area contributed by atoms with E-state index < -0.39 is 11.9 Å². The molecule has 0 aliphatic heterocycles. The van der Waals surface area contributed by atoms with Crippen LogP contribution in [-0.4, -0.2) is 22.2 Å². The summed E-state index contributed by atoms with van der Waals surface area (Å²) in [6.45, 7) is 13.8. The molecule has 0 spiro atoms. The lowest BCUT2D eigenvalue weighted by molar-refractivity contribution is -0.133.